The standard InChI is InChI=1S/C19H28N6O2/c1-23-3-2-18(20)22-19(23)21-15-12-16(24-4-8-26-9-5-24)14-17(13-15)25-6-10-27-11-7-25/h2,12-14H,3-11,20H2,1H3,(H,21,22). The lowest BCUT2D eigenvalue weighted by atomic mass is 10.2. The van der Waals surface area contributed by atoms with E-state index in [2.05, 4.69) is 38.3 Å². The van der Waals surface area contributed by atoms with Crippen molar-refractivity contribution in [2.75, 3.05) is 81.3 Å². The van der Waals surface area contributed by atoms with Crippen molar-refractivity contribution in [3.63, 3.8) is 0 Å². The first-order valence-corrected chi connectivity index (χ1v) is 9.52. The summed E-state index contributed by atoms with van der Waals surface area (Å²) in [5, 5.41) is 3.46. The predicted molar refractivity (Wildman–Crippen MR) is 108 cm³/mol. The highest BCUT2D eigenvalue weighted by atomic mass is 16.5. The minimum absolute atomic E-state index is 0.549. The molecule has 0 saturated carbocycles. The molecule has 0 unspecified atom stereocenters. The van der Waals surface area contributed by atoms with Gasteiger partial charge in [0.2, 0.25) is 5.96 Å². The van der Waals surface area contributed by atoms with Crippen LogP contribution in [0.25, 0.3) is 0 Å². The van der Waals surface area contributed by atoms with Crippen LogP contribution >= 0.6 is 0 Å². The number of anilines is 3. The van der Waals surface area contributed by atoms with E-state index in [0.717, 1.165) is 70.8 Å². The zero-order valence-corrected chi connectivity index (χ0v) is 15.9. The molecule has 2 fully saturated rings. The van der Waals surface area contributed by atoms with Gasteiger partial charge in [-0.1, -0.05) is 0 Å². The van der Waals surface area contributed by atoms with Gasteiger partial charge >= 0.3 is 0 Å². The van der Waals surface area contributed by atoms with E-state index >= 15 is 0 Å². The lowest BCUT2D eigenvalue weighted by Crippen LogP contribution is -2.38. The van der Waals surface area contributed by atoms with Gasteiger partial charge in [0.25, 0.3) is 0 Å². The van der Waals surface area contributed by atoms with E-state index < -0.39 is 0 Å². The van der Waals surface area contributed by atoms with Gasteiger partial charge in [-0.05, 0) is 24.3 Å². The quantitative estimate of drug-likeness (QED) is 0.815. The fraction of sp³-hybridized carbons (Fsp3) is 0.526. The molecule has 3 N–H and O–H groups in total. The van der Waals surface area contributed by atoms with Crippen LogP contribution in [-0.2, 0) is 9.47 Å². The molecule has 2 saturated heterocycles. The molecule has 0 atom stereocenters. The number of hydrogen-bond acceptors (Lipinski definition) is 8. The molecular formula is C19H28N6O2. The molecule has 3 heterocycles. The second kappa shape index (κ2) is 8.06. The van der Waals surface area contributed by atoms with E-state index in [0.29, 0.717) is 5.82 Å². The van der Waals surface area contributed by atoms with Gasteiger partial charge in [0.1, 0.15) is 5.82 Å². The van der Waals surface area contributed by atoms with Gasteiger partial charge in [-0.2, -0.15) is 4.99 Å². The van der Waals surface area contributed by atoms with E-state index in [4.69, 9.17) is 15.2 Å². The Bertz CT molecular complexity index is 687. The highest BCUT2D eigenvalue weighted by molar-refractivity contribution is 5.95. The molecule has 0 bridgehead atoms. The summed E-state index contributed by atoms with van der Waals surface area (Å²) in [5.74, 6) is 1.32. The number of likely N-dealkylation sites (N-methyl/N-ethyl adjacent to an activating group) is 1. The van der Waals surface area contributed by atoms with Crippen LogP contribution in [0.4, 0.5) is 17.1 Å². The number of ether oxygens (including phenoxy) is 2. The Morgan fingerprint density at radius 3 is 2.04 bits per heavy atom. The Kier molecular flexibility index (Phi) is 5.35. The van der Waals surface area contributed by atoms with Crippen LogP contribution in [0, 0.1) is 0 Å². The highest BCUT2D eigenvalue weighted by Gasteiger charge is 2.18. The third kappa shape index (κ3) is 4.28. The number of aliphatic imine (C=N–C) groups is 1. The van der Waals surface area contributed by atoms with E-state index in [9.17, 15) is 0 Å². The summed E-state index contributed by atoms with van der Waals surface area (Å²) < 4.78 is 11.0. The summed E-state index contributed by atoms with van der Waals surface area (Å²) in [5.41, 5.74) is 9.31. The monoisotopic (exact) mass is 372 g/mol. The van der Waals surface area contributed by atoms with Crippen molar-refractivity contribution < 1.29 is 9.47 Å². The van der Waals surface area contributed by atoms with Gasteiger partial charge in [0.15, 0.2) is 0 Å². The Labute approximate surface area is 160 Å². The van der Waals surface area contributed by atoms with Crippen molar-refractivity contribution in [1.29, 1.82) is 0 Å². The fourth-order valence-electron chi connectivity index (χ4n) is 3.50. The van der Waals surface area contributed by atoms with Gasteiger partial charge < -0.3 is 35.2 Å². The largest absolute Gasteiger partial charge is 0.384 e. The first-order chi connectivity index (χ1) is 13.2. The van der Waals surface area contributed by atoms with Crippen molar-refractivity contribution in [1.82, 2.24) is 4.90 Å². The van der Waals surface area contributed by atoms with Crippen LogP contribution in [0.1, 0.15) is 0 Å². The normalized spacial score (nSPS) is 21.0. The third-order valence-corrected chi connectivity index (χ3v) is 5.08. The second-order valence-electron chi connectivity index (χ2n) is 7.01. The van der Waals surface area contributed by atoms with Gasteiger partial charge in [-0.25, -0.2) is 0 Å². The van der Waals surface area contributed by atoms with Crippen LogP contribution < -0.4 is 20.9 Å². The Hall–Kier alpha value is -2.45. The molecule has 0 aromatic heterocycles. The number of nitrogens with zero attached hydrogens (tertiary/aromatic N) is 4. The average Bonchev–Trinajstić information content (AvgIpc) is 2.72. The Balaban J connectivity index is 1.63. The molecule has 0 aliphatic carbocycles. The summed E-state index contributed by atoms with van der Waals surface area (Å²) in [6.45, 7) is 7.43. The van der Waals surface area contributed by atoms with Crippen molar-refractivity contribution >= 4 is 23.0 Å². The van der Waals surface area contributed by atoms with Gasteiger partial charge in [-0.3, -0.25) is 0 Å². The number of nitrogens with one attached hydrogen (secondary N) is 1. The predicted octanol–water partition coefficient (Wildman–Crippen LogP) is 0.873. The van der Waals surface area contributed by atoms with Gasteiger partial charge in [0, 0.05) is 56.8 Å². The number of guanidine groups is 1. The molecule has 8 nitrogen and oxygen atoms in total. The number of nitrogens with two attached hydrogens (primary N) is 1. The highest BCUT2D eigenvalue weighted by Crippen LogP contribution is 2.29. The maximum atomic E-state index is 5.90. The van der Waals surface area contributed by atoms with Crippen LogP contribution in [-0.4, -0.2) is 77.1 Å². The van der Waals surface area contributed by atoms with Crippen LogP contribution in [0.3, 0.4) is 0 Å². The maximum absolute atomic E-state index is 5.90. The summed E-state index contributed by atoms with van der Waals surface area (Å²) in [6.07, 6.45) is 1.91. The topological polar surface area (TPSA) is 78.6 Å². The van der Waals surface area contributed by atoms with E-state index in [-0.39, 0.29) is 0 Å². The third-order valence-electron chi connectivity index (χ3n) is 5.08. The maximum Gasteiger partial charge on any atom is 0.205 e. The lowest BCUT2D eigenvalue weighted by Gasteiger charge is -2.33. The summed E-state index contributed by atoms with van der Waals surface area (Å²) >= 11 is 0. The van der Waals surface area contributed by atoms with Crippen LogP contribution in [0.5, 0.6) is 0 Å². The molecule has 3 aliphatic rings. The minimum atomic E-state index is 0.549. The van der Waals surface area contributed by atoms with E-state index in [1.807, 2.05) is 18.0 Å². The number of hydrogen-bond donors (Lipinski definition) is 2. The Morgan fingerprint density at radius 2 is 1.48 bits per heavy atom. The smallest absolute Gasteiger partial charge is 0.205 e. The Morgan fingerprint density at radius 1 is 0.926 bits per heavy atom. The molecule has 0 spiro atoms. The summed E-state index contributed by atoms with van der Waals surface area (Å²) in [6, 6.07) is 6.63. The first-order valence-electron chi connectivity index (χ1n) is 9.52. The molecular weight excluding hydrogens is 344 g/mol. The van der Waals surface area contributed by atoms with Crippen molar-refractivity contribution in [2.45, 2.75) is 0 Å². The van der Waals surface area contributed by atoms with Crippen molar-refractivity contribution in [3.05, 3.63) is 30.1 Å². The average molecular weight is 372 g/mol. The fourth-order valence-corrected chi connectivity index (χ4v) is 3.50. The molecule has 4 rings (SSSR count). The molecule has 1 aromatic rings. The number of morpholine rings is 2. The molecule has 1 aromatic carbocycles. The second-order valence-corrected chi connectivity index (χ2v) is 7.01. The van der Waals surface area contributed by atoms with Crippen molar-refractivity contribution in [3.8, 4) is 0 Å². The number of benzene rings is 1. The SMILES string of the molecule is CN1CC=C(N)N=C1Nc1cc(N2CCOCC2)cc(N2CCOCC2)c1. The minimum Gasteiger partial charge on any atom is -0.384 e. The van der Waals surface area contributed by atoms with Crippen LogP contribution in [0.2, 0.25) is 0 Å². The lowest BCUT2D eigenvalue weighted by molar-refractivity contribution is 0.122. The summed E-state index contributed by atoms with van der Waals surface area (Å²) in [4.78, 5) is 11.2. The zero-order chi connectivity index (χ0) is 18.6. The first kappa shape index (κ1) is 17.9. The summed E-state index contributed by atoms with van der Waals surface area (Å²) in [7, 11) is 2.00. The van der Waals surface area contributed by atoms with Crippen molar-refractivity contribution in [2.24, 2.45) is 10.7 Å². The van der Waals surface area contributed by atoms with E-state index in [1.165, 1.54) is 11.4 Å². The zero-order valence-electron chi connectivity index (χ0n) is 15.9. The van der Waals surface area contributed by atoms with E-state index in [1.54, 1.807) is 0 Å². The molecule has 3 aliphatic heterocycles. The molecule has 0 radical (unpaired) electrons. The molecule has 0 amide bonds. The number of rotatable bonds is 3. The van der Waals surface area contributed by atoms with Crippen LogP contribution in [0.15, 0.2) is 35.1 Å². The molecule has 146 valence electrons. The molecule has 8 heteroatoms. The van der Waals surface area contributed by atoms with Gasteiger partial charge in [0.05, 0.1) is 26.4 Å². The van der Waals surface area contributed by atoms with Gasteiger partial charge in [-0.15, -0.1) is 0 Å². The molecule has 27 heavy (non-hydrogen) atoms.